The Balaban J connectivity index is 3.03. The van der Waals surface area contributed by atoms with E-state index in [2.05, 4.69) is 11.9 Å². The largest absolute Gasteiger partial charge is 0.313 e. The maximum absolute atomic E-state index is 13.1. The number of benzene rings is 1. The van der Waals surface area contributed by atoms with E-state index < -0.39 is 0 Å². The third kappa shape index (κ3) is 2.34. The molecular weight excluding hydrogens is 201 g/mol. The fourth-order valence-corrected chi connectivity index (χ4v) is 1.61. The number of hydrogen-bond acceptors (Lipinski definition) is 1. The van der Waals surface area contributed by atoms with E-state index in [1.807, 2.05) is 13.1 Å². The van der Waals surface area contributed by atoms with Gasteiger partial charge in [0, 0.05) is 6.04 Å². The second-order valence-electron chi connectivity index (χ2n) is 3.01. The quantitative estimate of drug-likeness (QED) is 0.757. The Kier molecular flexibility index (Phi) is 4.11. The molecule has 0 aliphatic heterocycles. The molecule has 1 nitrogen and oxygen atoms in total. The van der Waals surface area contributed by atoms with Crippen molar-refractivity contribution in [2.45, 2.75) is 12.5 Å². The number of halogens is 2. The van der Waals surface area contributed by atoms with Gasteiger partial charge in [0.1, 0.15) is 5.82 Å². The van der Waals surface area contributed by atoms with Crippen LogP contribution in [0, 0.1) is 5.82 Å². The lowest BCUT2D eigenvalue weighted by molar-refractivity contribution is 0.586. The number of rotatable bonds is 4. The predicted octanol–water partition coefficient (Wildman–Crippen LogP) is 3.32. The maximum atomic E-state index is 13.1. The normalized spacial score (nSPS) is 12.5. The molecule has 76 valence electrons. The highest BCUT2D eigenvalue weighted by Crippen LogP contribution is 2.27. The van der Waals surface area contributed by atoms with Crippen molar-refractivity contribution in [2.75, 3.05) is 7.05 Å². The molecule has 0 aliphatic rings. The lowest BCUT2D eigenvalue weighted by Gasteiger charge is -2.16. The predicted molar refractivity (Wildman–Crippen MR) is 58.0 cm³/mol. The van der Waals surface area contributed by atoms with Crippen molar-refractivity contribution >= 4 is 11.6 Å². The summed E-state index contributed by atoms with van der Waals surface area (Å²) in [6.45, 7) is 3.65. The molecule has 0 saturated heterocycles. The van der Waals surface area contributed by atoms with Crippen LogP contribution in [-0.2, 0) is 0 Å². The van der Waals surface area contributed by atoms with Crippen LogP contribution in [0.4, 0.5) is 4.39 Å². The zero-order valence-electron chi connectivity index (χ0n) is 8.06. The first-order valence-corrected chi connectivity index (χ1v) is 4.80. The van der Waals surface area contributed by atoms with Crippen LogP contribution in [0.2, 0.25) is 5.02 Å². The maximum Gasteiger partial charge on any atom is 0.142 e. The van der Waals surface area contributed by atoms with Gasteiger partial charge in [0.15, 0.2) is 0 Å². The van der Waals surface area contributed by atoms with Crippen molar-refractivity contribution in [1.82, 2.24) is 5.32 Å². The van der Waals surface area contributed by atoms with Crippen LogP contribution < -0.4 is 5.32 Å². The minimum Gasteiger partial charge on any atom is -0.313 e. The van der Waals surface area contributed by atoms with Crippen LogP contribution in [0.5, 0.6) is 0 Å². The monoisotopic (exact) mass is 213 g/mol. The van der Waals surface area contributed by atoms with E-state index in [-0.39, 0.29) is 16.9 Å². The van der Waals surface area contributed by atoms with Gasteiger partial charge in [-0.1, -0.05) is 29.8 Å². The van der Waals surface area contributed by atoms with Crippen LogP contribution in [-0.4, -0.2) is 7.05 Å². The van der Waals surface area contributed by atoms with E-state index in [0.717, 1.165) is 12.0 Å². The van der Waals surface area contributed by atoms with E-state index in [4.69, 9.17) is 11.6 Å². The lowest BCUT2D eigenvalue weighted by atomic mass is 10.0. The van der Waals surface area contributed by atoms with Gasteiger partial charge >= 0.3 is 0 Å². The van der Waals surface area contributed by atoms with E-state index in [1.165, 1.54) is 6.07 Å². The summed E-state index contributed by atoms with van der Waals surface area (Å²) >= 11 is 5.85. The molecule has 0 bridgehead atoms. The standard InChI is InChI=1S/C11H13ClFN/c1-3-5-10(14-2)8-6-4-7-9(13)11(8)12/h3-4,6-7,10,14H,1,5H2,2H3. The molecule has 0 saturated carbocycles. The molecule has 3 heteroatoms. The van der Waals surface area contributed by atoms with Crippen LogP contribution in [0.25, 0.3) is 0 Å². The average molecular weight is 214 g/mol. The third-order valence-electron chi connectivity index (χ3n) is 2.11. The highest BCUT2D eigenvalue weighted by molar-refractivity contribution is 6.31. The SMILES string of the molecule is C=CCC(NC)c1cccc(F)c1Cl. The zero-order valence-corrected chi connectivity index (χ0v) is 8.81. The molecule has 0 fully saturated rings. The molecular formula is C11H13ClFN. The molecule has 0 heterocycles. The Bertz CT molecular complexity index is 325. The molecule has 1 atom stereocenters. The summed E-state index contributed by atoms with van der Waals surface area (Å²) in [7, 11) is 1.81. The average Bonchev–Trinajstić information content (AvgIpc) is 2.19. The summed E-state index contributed by atoms with van der Waals surface area (Å²) in [4.78, 5) is 0. The van der Waals surface area contributed by atoms with Crippen molar-refractivity contribution in [1.29, 1.82) is 0 Å². The van der Waals surface area contributed by atoms with Gasteiger partial charge in [-0.05, 0) is 25.1 Å². The molecule has 0 amide bonds. The molecule has 1 aromatic carbocycles. The van der Waals surface area contributed by atoms with Gasteiger partial charge in [0.05, 0.1) is 5.02 Å². The first-order valence-electron chi connectivity index (χ1n) is 4.42. The molecule has 0 radical (unpaired) electrons. The molecule has 1 rings (SSSR count). The van der Waals surface area contributed by atoms with E-state index in [1.54, 1.807) is 12.1 Å². The smallest absolute Gasteiger partial charge is 0.142 e. The van der Waals surface area contributed by atoms with Gasteiger partial charge in [0.25, 0.3) is 0 Å². The van der Waals surface area contributed by atoms with Crippen molar-refractivity contribution < 1.29 is 4.39 Å². The summed E-state index contributed by atoms with van der Waals surface area (Å²) < 4.78 is 13.1. The van der Waals surface area contributed by atoms with Gasteiger partial charge in [-0.15, -0.1) is 6.58 Å². The Morgan fingerprint density at radius 2 is 2.36 bits per heavy atom. The molecule has 1 aromatic rings. The number of hydrogen-bond donors (Lipinski definition) is 1. The molecule has 14 heavy (non-hydrogen) atoms. The highest BCUT2D eigenvalue weighted by atomic mass is 35.5. The minimum absolute atomic E-state index is 0.0238. The van der Waals surface area contributed by atoms with Crippen molar-refractivity contribution in [3.05, 3.63) is 47.3 Å². The van der Waals surface area contributed by atoms with E-state index in [9.17, 15) is 4.39 Å². The fraction of sp³-hybridized carbons (Fsp3) is 0.273. The molecule has 0 aromatic heterocycles. The Hall–Kier alpha value is -0.860. The Morgan fingerprint density at radius 1 is 1.64 bits per heavy atom. The van der Waals surface area contributed by atoms with Gasteiger partial charge < -0.3 is 5.32 Å². The first kappa shape index (κ1) is 11.2. The zero-order chi connectivity index (χ0) is 10.6. The van der Waals surface area contributed by atoms with E-state index in [0.29, 0.717) is 0 Å². The van der Waals surface area contributed by atoms with Crippen molar-refractivity contribution in [3.8, 4) is 0 Å². The second kappa shape index (κ2) is 5.13. The molecule has 1 unspecified atom stereocenters. The molecule has 0 spiro atoms. The summed E-state index contributed by atoms with van der Waals surface area (Å²) in [5.74, 6) is -0.381. The number of nitrogens with one attached hydrogen (secondary N) is 1. The van der Waals surface area contributed by atoms with Gasteiger partial charge in [-0.3, -0.25) is 0 Å². The summed E-state index contributed by atoms with van der Waals surface area (Å²) in [5.41, 5.74) is 0.772. The molecule has 0 aliphatic carbocycles. The fourth-order valence-electron chi connectivity index (χ4n) is 1.36. The first-order chi connectivity index (χ1) is 6.70. The summed E-state index contributed by atoms with van der Waals surface area (Å²) in [6.07, 6.45) is 2.50. The Labute approximate surface area is 88.6 Å². The van der Waals surface area contributed by atoms with Crippen molar-refractivity contribution in [2.24, 2.45) is 0 Å². The third-order valence-corrected chi connectivity index (χ3v) is 2.51. The van der Waals surface area contributed by atoms with Gasteiger partial charge in [-0.25, -0.2) is 4.39 Å². The second-order valence-corrected chi connectivity index (χ2v) is 3.39. The molecule has 1 N–H and O–H groups in total. The Morgan fingerprint density at radius 3 is 2.93 bits per heavy atom. The van der Waals surface area contributed by atoms with Crippen LogP contribution >= 0.6 is 11.6 Å². The van der Waals surface area contributed by atoms with Gasteiger partial charge in [0.2, 0.25) is 0 Å². The van der Waals surface area contributed by atoms with Crippen LogP contribution in [0.1, 0.15) is 18.0 Å². The topological polar surface area (TPSA) is 12.0 Å². The van der Waals surface area contributed by atoms with Gasteiger partial charge in [-0.2, -0.15) is 0 Å². The van der Waals surface area contributed by atoms with Crippen LogP contribution in [0.15, 0.2) is 30.9 Å². The van der Waals surface area contributed by atoms with E-state index >= 15 is 0 Å². The summed E-state index contributed by atoms with van der Waals surface area (Å²) in [5, 5.41) is 3.25. The lowest BCUT2D eigenvalue weighted by Crippen LogP contribution is -2.16. The van der Waals surface area contributed by atoms with Crippen molar-refractivity contribution in [3.63, 3.8) is 0 Å². The highest BCUT2D eigenvalue weighted by Gasteiger charge is 2.13. The van der Waals surface area contributed by atoms with Crippen LogP contribution in [0.3, 0.4) is 0 Å². The minimum atomic E-state index is -0.381. The summed E-state index contributed by atoms with van der Waals surface area (Å²) in [6, 6.07) is 4.85.